The van der Waals surface area contributed by atoms with Crippen LogP contribution in [0.4, 0.5) is 10.1 Å². The van der Waals surface area contributed by atoms with E-state index in [1.165, 1.54) is 28.6 Å². The average Bonchev–Trinajstić information content (AvgIpc) is 3.24. The van der Waals surface area contributed by atoms with Gasteiger partial charge in [0.1, 0.15) is 5.82 Å². The topological polar surface area (TPSA) is 105 Å². The van der Waals surface area contributed by atoms with E-state index in [0.717, 1.165) is 17.8 Å². The largest absolute Gasteiger partial charge is 0.411 e. The highest BCUT2D eigenvalue weighted by Gasteiger charge is 2.22. The number of benzene rings is 2. The SMILES string of the molecule is CCN(CC)S(=O)(=O)c1cccc(-c2nnc(SCC(=O)Nc3ccc(Cl)cc3F)o2)c1. The summed E-state index contributed by atoms with van der Waals surface area (Å²) in [4.78, 5) is 12.2. The number of thioether (sulfide) groups is 1. The Kier molecular flexibility index (Phi) is 7.88. The average molecular weight is 499 g/mol. The molecular weight excluding hydrogens is 479 g/mol. The molecule has 2 aromatic carbocycles. The number of carbonyl (C=O) groups is 1. The molecule has 0 saturated heterocycles. The number of anilines is 1. The second-order valence-corrected chi connectivity index (χ2v) is 9.75. The minimum Gasteiger partial charge on any atom is -0.411 e. The number of hydrogen-bond donors (Lipinski definition) is 1. The summed E-state index contributed by atoms with van der Waals surface area (Å²) in [6, 6.07) is 10.1. The van der Waals surface area contributed by atoms with Crippen molar-refractivity contribution in [1.82, 2.24) is 14.5 Å². The van der Waals surface area contributed by atoms with Crippen LogP contribution in [0.25, 0.3) is 11.5 Å². The maximum Gasteiger partial charge on any atom is 0.277 e. The molecule has 1 N–H and O–H groups in total. The fraction of sp³-hybridized carbons (Fsp3) is 0.250. The highest BCUT2D eigenvalue weighted by molar-refractivity contribution is 7.99. The van der Waals surface area contributed by atoms with Crippen LogP contribution in [-0.2, 0) is 14.8 Å². The number of aromatic nitrogens is 2. The molecule has 170 valence electrons. The fourth-order valence-electron chi connectivity index (χ4n) is 2.79. The van der Waals surface area contributed by atoms with Crippen LogP contribution in [-0.4, -0.2) is 47.7 Å². The van der Waals surface area contributed by atoms with E-state index in [0.29, 0.717) is 18.7 Å². The molecule has 32 heavy (non-hydrogen) atoms. The van der Waals surface area contributed by atoms with Crippen molar-refractivity contribution < 1.29 is 22.0 Å². The van der Waals surface area contributed by atoms with E-state index in [2.05, 4.69) is 15.5 Å². The smallest absolute Gasteiger partial charge is 0.277 e. The van der Waals surface area contributed by atoms with Crippen molar-refractivity contribution in [3.63, 3.8) is 0 Å². The lowest BCUT2D eigenvalue weighted by Gasteiger charge is -2.18. The Morgan fingerprint density at radius 1 is 1.19 bits per heavy atom. The number of rotatable bonds is 9. The van der Waals surface area contributed by atoms with Crippen LogP contribution in [0.1, 0.15) is 13.8 Å². The van der Waals surface area contributed by atoms with Crippen LogP contribution in [0.5, 0.6) is 0 Å². The molecule has 3 aromatic rings. The van der Waals surface area contributed by atoms with Gasteiger partial charge < -0.3 is 9.73 Å². The third-order valence-corrected chi connectivity index (χ3v) is 7.46. The summed E-state index contributed by atoms with van der Waals surface area (Å²) in [7, 11) is -3.64. The number of hydrogen-bond acceptors (Lipinski definition) is 7. The molecule has 1 amide bonds. The fourth-order valence-corrected chi connectivity index (χ4v) is 5.02. The second kappa shape index (κ2) is 10.4. The molecule has 0 saturated carbocycles. The molecule has 3 rings (SSSR count). The standard InChI is InChI=1S/C20H20ClFN4O4S2/c1-3-26(4-2)32(28,29)15-7-5-6-13(10-15)19-24-25-20(30-19)31-12-18(27)23-17-9-8-14(21)11-16(17)22/h5-11H,3-4,12H2,1-2H3,(H,23,27). The number of amides is 1. The minimum atomic E-state index is -3.64. The molecule has 0 radical (unpaired) electrons. The summed E-state index contributed by atoms with van der Waals surface area (Å²) in [6.07, 6.45) is 0. The predicted molar refractivity (Wildman–Crippen MR) is 121 cm³/mol. The molecule has 0 fully saturated rings. The first kappa shape index (κ1) is 24.2. The van der Waals surface area contributed by atoms with Gasteiger partial charge in [-0.1, -0.05) is 43.3 Å². The van der Waals surface area contributed by atoms with E-state index in [1.54, 1.807) is 26.0 Å². The van der Waals surface area contributed by atoms with Gasteiger partial charge in [0.25, 0.3) is 5.22 Å². The molecule has 0 spiro atoms. The lowest BCUT2D eigenvalue weighted by atomic mass is 10.2. The van der Waals surface area contributed by atoms with Gasteiger partial charge in [-0.25, -0.2) is 12.8 Å². The number of carbonyl (C=O) groups excluding carboxylic acids is 1. The third kappa shape index (κ3) is 5.66. The van der Waals surface area contributed by atoms with Crippen LogP contribution in [0, 0.1) is 5.82 Å². The first-order valence-electron chi connectivity index (χ1n) is 9.56. The molecule has 0 aliphatic rings. The van der Waals surface area contributed by atoms with E-state index in [4.69, 9.17) is 16.0 Å². The Hall–Kier alpha value is -2.47. The lowest BCUT2D eigenvalue weighted by molar-refractivity contribution is -0.113. The molecule has 0 aliphatic carbocycles. The van der Waals surface area contributed by atoms with Crippen LogP contribution < -0.4 is 5.32 Å². The minimum absolute atomic E-state index is 0.0115. The molecule has 1 heterocycles. The third-order valence-electron chi connectivity index (χ3n) is 4.36. The first-order chi connectivity index (χ1) is 15.2. The molecule has 0 aliphatic heterocycles. The maximum absolute atomic E-state index is 13.8. The highest BCUT2D eigenvalue weighted by atomic mass is 35.5. The van der Waals surface area contributed by atoms with Gasteiger partial charge in [-0.2, -0.15) is 4.31 Å². The van der Waals surface area contributed by atoms with Crippen LogP contribution in [0.2, 0.25) is 5.02 Å². The number of nitrogens with one attached hydrogen (secondary N) is 1. The monoisotopic (exact) mass is 498 g/mol. The lowest BCUT2D eigenvalue weighted by Crippen LogP contribution is -2.30. The Morgan fingerprint density at radius 2 is 1.94 bits per heavy atom. The van der Waals surface area contributed by atoms with Crippen LogP contribution in [0.3, 0.4) is 0 Å². The predicted octanol–water partition coefficient (Wildman–Crippen LogP) is 4.29. The molecular formula is C20H20ClFN4O4S2. The maximum atomic E-state index is 13.8. The van der Waals surface area contributed by atoms with Gasteiger partial charge in [0.15, 0.2) is 0 Å². The normalized spacial score (nSPS) is 11.7. The number of halogens is 2. The van der Waals surface area contributed by atoms with Crippen molar-refractivity contribution in [3.8, 4) is 11.5 Å². The van der Waals surface area contributed by atoms with Crippen LogP contribution >= 0.6 is 23.4 Å². The van der Waals surface area contributed by atoms with Gasteiger partial charge in [-0.3, -0.25) is 4.79 Å². The first-order valence-corrected chi connectivity index (χ1v) is 12.4. The summed E-state index contributed by atoms with van der Waals surface area (Å²) >= 11 is 6.66. The number of sulfonamides is 1. The molecule has 8 nitrogen and oxygen atoms in total. The van der Waals surface area contributed by atoms with Crippen molar-refractivity contribution in [1.29, 1.82) is 0 Å². The molecule has 12 heteroatoms. The van der Waals surface area contributed by atoms with E-state index in [9.17, 15) is 17.6 Å². The zero-order valence-corrected chi connectivity index (χ0v) is 19.6. The zero-order chi connectivity index (χ0) is 23.3. The van der Waals surface area contributed by atoms with Gasteiger partial charge in [0.2, 0.25) is 21.8 Å². The summed E-state index contributed by atoms with van der Waals surface area (Å²) < 4.78 is 46.1. The van der Waals surface area contributed by atoms with E-state index < -0.39 is 21.7 Å². The van der Waals surface area contributed by atoms with Gasteiger partial charge >= 0.3 is 0 Å². The van der Waals surface area contributed by atoms with Gasteiger partial charge in [0, 0.05) is 23.7 Å². The summed E-state index contributed by atoms with van der Waals surface area (Å²) in [6.45, 7) is 4.24. The summed E-state index contributed by atoms with van der Waals surface area (Å²) in [5.74, 6) is -1.09. The molecule has 1 aromatic heterocycles. The Bertz CT molecular complexity index is 1220. The van der Waals surface area contributed by atoms with Gasteiger partial charge in [-0.15, -0.1) is 10.2 Å². The van der Waals surface area contributed by atoms with Crippen LogP contribution in [0.15, 0.2) is 57.0 Å². The Labute approximate surface area is 194 Å². The van der Waals surface area contributed by atoms with E-state index in [-0.39, 0.29) is 32.5 Å². The zero-order valence-electron chi connectivity index (χ0n) is 17.2. The van der Waals surface area contributed by atoms with Crippen molar-refractivity contribution in [2.24, 2.45) is 0 Å². The van der Waals surface area contributed by atoms with Gasteiger partial charge in [-0.05, 0) is 36.4 Å². The van der Waals surface area contributed by atoms with E-state index >= 15 is 0 Å². The second-order valence-electron chi connectivity index (χ2n) is 6.45. The van der Waals surface area contributed by atoms with Gasteiger partial charge in [0.05, 0.1) is 16.3 Å². The van der Waals surface area contributed by atoms with Crippen molar-refractivity contribution in [2.45, 2.75) is 24.0 Å². The number of nitrogens with zero attached hydrogens (tertiary/aromatic N) is 3. The molecule has 0 unspecified atom stereocenters. The summed E-state index contributed by atoms with van der Waals surface area (Å²) in [5.41, 5.74) is 0.447. The molecule has 0 atom stereocenters. The highest BCUT2D eigenvalue weighted by Crippen LogP contribution is 2.26. The van der Waals surface area contributed by atoms with E-state index in [1.807, 2.05) is 0 Å². The Balaban J connectivity index is 1.68. The molecule has 0 bridgehead atoms. The van der Waals surface area contributed by atoms with Crippen molar-refractivity contribution in [3.05, 3.63) is 53.3 Å². The quantitative estimate of drug-likeness (QED) is 0.438. The van der Waals surface area contributed by atoms with Crippen molar-refractivity contribution >= 4 is 45.0 Å². The Morgan fingerprint density at radius 3 is 2.62 bits per heavy atom. The summed E-state index contributed by atoms with van der Waals surface area (Å²) in [5, 5.41) is 10.6. The van der Waals surface area contributed by atoms with Crippen molar-refractivity contribution in [2.75, 3.05) is 24.2 Å².